The van der Waals surface area contributed by atoms with Crippen molar-refractivity contribution < 1.29 is 9.59 Å². The average molecular weight is 272 g/mol. The van der Waals surface area contributed by atoms with E-state index in [1.165, 1.54) is 6.08 Å². The maximum Gasteiger partial charge on any atom is 0.290 e. The van der Waals surface area contributed by atoms with Gasteiger partial charge in [-0.2, -0.15) is 0 Å². The molecule has 0 radical (unpaired) electrons. The van der Waals surface area contributed by atoms with E-state index in [2.05, 4.69) is 10.3 Å². The topological polar surface area (TPSA) is 79.0 Å². The van der Waals surface area contributed by atoms with Crippen molar-refractivity contribution in [3.63, 3.8) is 0 Å². The zero-order valence-corrected chi connectivity index (χ0v) is 10.4. The highest BCUT2D eigenvalue weighted by Crippen LogP contribution is 2.25. The summed E-state index contributed by atoms with van der Waals surface area (Å²) in [6.45, 7) is 0. The average Bonchev–Trinajstić information content (AvgIpc) is 2.69. The molecular formula is C13H8N2O3S. The lowest BCUT2D eigenvalue weighted by Gasteiger charge is -1.99. The number of rotatable bonds is 1. The summed E-state index contributed by atoms with van der Waals surface area (Å²) in [5.74, 6) is -0.470. The van der Waals surface area contributed by atoms with Gasteiger partial charge in [0.2, 0.25) is 0 Å². The second-order valence-corrected chi connectivity index (χ2v) is 5.01. The lowest BCUT2D eigenvalue weighted by Crippen LogP contribution is -2.18. The molecule has 2 heterocycles. The number of thioether (sulfide) groups is 1. The zero-order chi connectivity index (χ0) is 13.4. The molecule has 0 atom stereocenters. The Kier molecular flexibility index (Phi) is 2.72. The normalized spacial score (nSPS) is 17.2. The van der Waals surface area contributed by atoms with Crippen LogP contribution >= 0.6 is 11.8 Å². The van der Waals surface area contributed by atoms with E-state index in [0.717, 1.165) is 22.7 Å². The van der Waals surface area contributed by atoms with Gasteiger partial charge in [-0.05, 0) is 35.4 Å². The molecule has 5 nitrogen and oxygen atoms in total. The summed E-state index contributed by atoms with van der Waals surface area (Å²) in [7, 11) is 0. The molecule has 1 saturated heterocycles. The molecule has 0 spiro atoms. The summed E-state index contributed by atoms with van der Waals surface area (Å²) >= 11 is 0.791. The third kappa shape index (κ3) is 2.17. The highest BCUT2D eigenvalue weighted by atomic mass is 32.2. The number of aromatic amines is 1. The minimum atomic E-state index is -0.470. The number of nitrogens with one attached hydrogen (secondary N) is 2. The first-order valence-electron chi connectivity index (χ1n) is 5.50. The van der Waals surface area contributed by atoms with Crippen molar-refractivity contribution in [2.75, 3.05) is 0 Å². The number of hydrogen-bond acceptors (Lipinski definition) is 4. The van der Waals surface area contributed by atoms with Gasteiger partial charge < -0.3 is 4.98 Å². The summed E-state index contributed by atoms with van der Waals surface area (Å²) < 4.78 is 0. The predicted molar refractivity (Wildman–Crippen MR) is 73.7 cm³/mol. The molecular weight excluding hydrogens is 264 g/mol. The predicted octanol–water partition coefficient (Wildman–Crippen LogP) is 1.85. The zero-order valence-electron chi connectivity index (χ0n) is 9.60. The van der Waals surface area contributed by atoms with Crippen molar-refractivity contribution in [1.82, 2.24) is 10.3 Å². The number of carbonyl (C=O) groups excluding carboxylic acids is 2. The Morgan fingerprint density at radius 3 is 2.63 bits per heavy atom. The van der Waals surface area contributed by atoms with Crippen LogP contribution in [-0.2, 0) is 4.79 Å². The van der Waals surface area contributed by atoms with Gasteiger partial charge in [-0.1, -0.05) is 18.2 Å². The van der Waals surface area contributed by atoms with E-state index in [4.69, 9.17) is 0 Å². The van der Waals surface area contributed by atoms with Crippen LogP contribution < -0.4 is 10.9 Å². The van der Waals surface area contributed by atoms with E-state index in [1.807, 2.05) is 18.2 Å². The monoisotopic (exact) mass is 272 g/mol. The highest BCUT2D eigenvalue weighted by molar-refractivity contribution is 8.18. The Hall–Kier alpha value is -2.34. The van der Waals surface area contributed by atoms with Gasteiger partial charge in [-0.3, -0.25) is 19.7 Å². The first-order chi connectivity index (χ1) is 9.13. The van der Waals surface area contributed by atoms with Crippen molar-refractivity contribution in [2.45, 2.75) is 0 Å². The van der Waals surface area contributed by atoms with E-state index < -0.39 is 11.1 Å². The van der Waals surface area contributed by atoms with Gasteiger partial charge in [0.1, 0.15) is 0 Å². The molecule has 0 aliphatic carbocycles. The Morgan fingerprint density at radius 2 is 1.89 bits per heavy atom. The Balaban J connectivity index is 2.13. The number of carbonyl (C=O) groups is 2. The smallest absolute Gasteiger partial charge is 0.290 e. The van der Waals surface area contributed by atoms with Gasteiger partial charge in [-0.25, -0.2) is 0 Å². The Labute approximate surface area is 111 Å². The molecule has 1 fully saturated rings. The largest absolute Gasteiger partial charge is 0.321 e. The van der Waals surface area contributed by atoms with Gasteiger partial charge in [0.05, 0.1) is 4.91 Å². The minimum absolute atomic E-state index is 0.228. The molecule has 0 unspecified atom stereocenters. The fourth-order valence-corrected chi connectivity index (χ4v) is 2.51. The van der Waals surface area contributed by atoms with Crippen molar-refractivity contribution in [2.24, 2.45) is 0 Å². The number of hydrogen-bond donors (Lipinski definition) is 2. The fourth-order valence-electron chi connectivity index (χ4n) is 1.83. The molecule has 0 bridgehead atoms. The van der Waals surface area contributed by atoms with Crippen LogP contribution in [0.2, 0.25) is 0 Å². The molecule has 19 heavy (non-hydrogen) atoms. The van der Waals surface area contributed by atoms with Gasteiger partial charge >= 0.3 is 0 Å². The first kappa shape index (κ1) is 11.7. The SMILES string of the molecule is O=C1NC(=O)/C(=C/c2cc3ccccc3[nH]c2=O)S1. The molecule has 1 aliphatic rings. The standard InChI is InChI=1S/C13H8N2O3S/c16-11-8(6-10-12(17)15-13(18)19-10)5-7-3-1-2-4-9(7)14-11/h1-6H,(H,14,16)(H,15,17,18)/b10-6-. The van der Waals surface area contributed by atoms with Crippen LogP contribution in [0.4, 0.5) is 4.79 Å². The van der Waals surface area contributed by atoms with Crippen LogP contribution in [0, 0.1) is 0 Å². The Bertz CT molecular complexity index is 792. The van der Waals surface area contributed by atoms with Crippen LogP contribution in [0.25, 0.3) is 17.0 Å². The number of aromatic nitrogens is 1. The summed E-state index contributed by atoms with van der Waals surface area (Å²) in [6.07, 6.45) is 1.43. The van der Waals surface area contributed by atoms with Gasteiger partial charge in [-0.15, -0.1) is 0 Å². The summed E-state index contributed by atoms with van der Waals surface area (Å²) in [5.41, 5.74) is 0.791. The third-order valence-electron chi connectivity index (χ3n) is 2.71. The number of imide groups is 1. The van der Waals surface area contributed by atoms with Crippen molar-refractivity contribution in [3.8, 4) is 0 Å². The maximum absolute atomic E-state index is 11.9. The van der Waals surface area contributed by atoms with Crippen molar-refractivity contribution in [1.29, 1.82) is 0 Å². The molecule has 3 rings (SSSR count). The van der Waals surface area contributed by atoms with Crippen molar-refractivity contribution in [3.05, 3.63) is 51.2 Å². The summed E-state index contributed by atoms with van der Waals surface area (Å²) in [4.78, 5) is 37.3. The number of benzene rings is 1. The van der Waals surface area contributed by atoms with Crippen molar-refractivity contribution >= 4 is 39.9 Å². The molecule has 2 aromatic rings. The molecule has 94 valence electrons. The number of amides is 2. The van der Waals surface area contributed by atoms with Gasteiger partial charge in [0.15, 0.2) is 0 Å². The molecule has 2 N–H and O–H groups in total. The van der Waals surface area contributed by atoms with E-state index in [0.29, 0.717) is 5.56 Å². The van der Waals surface area contributed by atoms with Gasteiger partial charge in [0.25, 0.3) is 16.7 Å². The van der Waals surface area contributed by atoms with Crippen LogP contribution in [0.5, 0.6) is 0 Å². The van der Waals surface area contributed by atoms with Crippen LogP contribution in [0.3, 0.4) is 0 Å². The van der Waals surface area contributed by atoms with E-state index in [1.54, 1.807) is 12.1 Å². The molecule has 6 heteroatoms. The van der Waals surface area contributed by atoms with E-state index in [-0.39, 0.29) is 10.5 Å². The molecule has 0 saturated carbocycles. The molecule has 1 aromatic carbocycles. The number of H-pyrrole nitrogens is 1. The molecule has 2 amide bonds. The van der Waals surface area contributed by atoms with Gasteiger partial charge in [0, 0.05) is 11.1 Å². The number of para-hydroxylation sites is 1. The summed E-state index contributed by atoms with van der Waals surface area (Å²) in [5, 5.41) is 2.59. The van der Waals surface area contributed by atoms with Crippen LogP contribution in [0.1, 0.15) is 5.56 Å². The second-order valence-electron chi connectivity index (χ2n) is 3.99. The molecule has 1 aromatic heterocycles. The lowest BCUT2D eigenvalue weighted by atomic mass is 10.1. The number of pyridine rings is 1. The number of fused-ring (bicyclic) bond motifs is 1. The summed E-state index contributed by atoms with van der Waals surface area (Å²) in [6, 6.07) is 9.04. The van der Waals surface area contributed by atoms with Crippen LogP contribution in [-0.4, -0.2) is 16.1 Å². The Morgan fingerprint density at radius 1 is 1.11 bits per heavy atom. The molecule has 1 aliphatic heterocycles. The minimum Gasteiger partial charge on any atom is -0.321 e. The second kappa shape index (κ2) is 4.40. The highest BCUT2D eigenvalue weighted by Gasteiger charge is 2.25. The third-order valence-corrected chi connectivity index (χ3v) is 3.52. The van der Waals surface area contributed by atoms with Crippen LogP contribution in [0.15, 0.2) is 40.0 Å². The maximum atomic E-state index is 11.9. The van der Waals surface area contributed by atoms with E-state index in [9.17, 15) is 14.4 Å². The first-order valence-corrected chi connectivity index (χ1v) is 6.32. The quantitative estimate of drug-likeness (QED) is 0.776. The van der Waals surface area contributed by atoms with E-state index >= 15 is 0 Å². The fraction of sp³-hybridized carbons (Fsp3) is 0. The lowest BCUT2D eigenvalue weighted by molar-refractivity contribution is -0.115.